The summed E-state index contributed by atoms with van der Waals surface area (Å²) in [5.41, 5.74) is 1.35. The van der Waals surface area contributed by atoms with E-state index in [1.54, 1.807) is 14.2 Å². The predicted molar refractivity (Wildman–Crippen MR) is 75.7 cm³/mol. The summed E-state index contributed by atoms with van der Waals surface area (Å²) >= 11 is 6.15. The molecule has 0 aliphatic heterocycles. The summed E-state index contributed by atoms with van der Waals surface area (Å²) in [4.78, 5) is 0. The first-order chi connectivity index (χ1) is 8.37. The number of rotatable bonds is 5. The molecule has 0 spiro atoms. The summed E-state index contributed by atoms with van der Waals surface area (Å²) in [5, 5.41) is 3.98. The van der Waals surface area contributed by atoms with Crippen LogP contribution < -0.4 is 14.8 Å². The van der Waals surface area contributed by atoms with Crippen molar-refractivity contribution in [2.75, 3.05) is 20.8 Å². The highest BCUT2D eigenvalue weighted by molar-refractivity contribution is 6.32. The number of hydrogen-bond donors (Lipinski definition) is 1. The molecule has 1 aromatic carbocycles. The molecule has 0 atom stereocenters. The molecule has 18 heavy (non-hydrogen) atoms. The van der Waals surface area contributed by atoms with Crippen LogP contribution in [0.2, 0.25) is 5.02 Å². The van der Waals surface area contributed by atoms with Gasteiger partial charge in [0.1, 0.15) is 0 Å². The SMILES string of the molecule is COc1cc(CNCC(C)(C)C)cc(Cl)c1OC. The Morgan fingerprint density at radius 3 is 2.33 bits per heavy atom. The molecule has 0 saturated carbocycles. The minimum atomic E-state index is 0.264. The van der Waals surface area contributed by atoms with Crippen LogP contribution in [0.3, 0.4) is 0 Å². The molecule has 1 aromatic rings. The molecular weight excluding hydrogens is 250 g/mol. The molecule has 0 unspecified atom stereocenters. The monoisotopic (exact) mass is 271 g/mol. The first-order valence-corrected chi connectivity index (χ1v) is 6.36. The Morgan fingerprint density at radius 1 is 1.17 bits per heavy atom. The van der Waals surface area contributed by atoms with Gasteiger partial charge in [-0.3, -0.25) is 0 Å². The van der Waals surface area contributed by atoms with E-state index in [2.05, 4.69) is 26.1 Å². The molecule has 0 radical (unpaired) electrons. The van der Waals surface area contributed by atoms with Gasteiger partial charge >= 0.3 is 0 Å². The lowest BCUT2D eigenvalue weighted by molar-refractivity contribution is 0.353. The molecule has 0 amide bonds. The Morgan fingerprint density at radius 2 is 1.83 bits per heavy atom. The third-order valence-electron chi connectivity index (χ3n) is 2.48. The van der Waals surface area contributed by atoms with Crippen molar-refractivity contribution in [3.63, 3.8) is 0 Å². The zero-order valence-corrected chi connectivity index (χ0v) is 12.5. The Kier molecular flexibility index (Phi) is 5.29. The number of halogens is 1. The van der Waals surface area contributed by atoms with Gasteiger partial charge in [-0.25, -0.2) is 0 Å². The molecule has 4 heteroatoms. The smallest absolute Gasteiger partial charge is 0.179 e. The van der Waals surface area contributed by atoms with Crippen molar-refractivity contribution >= 4 is 11.6 Å². The van der Waals surface area contributed by atoms with Gasteiger partial charge in [0.25, 0.3) is 0 Å². The number of benzene rings is 1. The van der Waals surface area contributed by atoms with Crippen molar-refractivity contribution < 1.29 is 9.47 Å². The van der Waals surface area contributed by atoms with E-state index in [4.69, 9.17) is 21.1 Å². The van der Waals surface area contributed by atoms with E-state index in [1.165, 1.54) is 0 Å². The van der Waals surface area contributed by atoms with Crippen LogP contribution in [-0.2, 0) is 6.54 Å². The maximum atomic E-state index is 6.15. The quantitative estimate of drug-likeness (QED) is 0.889. The Balaban J connectivity index is 2.76. The standard InChI is InChI=1S/C14H22ClNO2/c1-14(2,3)9-16-8-10-6-11(15)13(18-5)12(7-10)17-4/h6-7,16H,8-9H2,1-5H3. The number of nitrogens with one attached hydrogen (secondary N) is 1. The summed E-state index contributed by atoms with van der Waals surface area (Å²) in [6.45, 7) is 8.29. The van der Waals surface area contributed by atoms with Gasteiger partial charge in [0, 0.05) is 13.1 Å². The molecule has 0 aliphatic carbocycles. The van der Waals surface area contributed by atoms with E-state index in [1.807, 2.05) is 12.1 Å². The molecule has 0 fully saturated rings. The molecular formula is C14H22ClNO2. The van der Waals surface area contributed by atoms with Crippen LogP contribution in [0.1, 0.15) is 26.3 Å². The molecule has 0 bridgehead atoms. The molecule has 0 saturated heterocycles. The molecule has 3 nitrogen and oxygen atoms in total. The largest absolute Gasteiger partial charge is 0.493 e. The fourth-order valence-corrected chi connectivity index (χ4v) is 1.97. The summed E-state index contributed by atoms with van der Waals surface area (Å²) in [7, 11) is 3.20. The van der Waals surface area contributed by atoms with E-state index >= 15 is 0 Å². The van der Waals surface area contributed by atoms with Gasteiger partial charge in [-0.05, 0) is 23.1 Å². The number of ether oxygens (including phenoxy) is 2. The van der Waals surface area contributed by atoms with Crippen LogP contribution in [0.15, 0.2) is 12.1 Å². The normalized spacial score (nSPS) is 11.4. The lowest BCUT2D eigenvalue weighted by atomic mass is 9.97. The molecule has 102 valence electrons. The van der Waals surface area contributed by atoms with E-state index in [0.717, 1.165) is 18.7 Å². The predicted octanol–water partition coefficient (Wildman–Crippen LogP) is 3.49. The highest BCUT2D eigenvalue weighted by Crippen LogP contribution is 2.35. The average Bonchev–Trinajstić information content (AvgIpc) is 2.26. The summed E-state index contributed by atoms with van der Waals surface area (Å²) in [6.07, 6.45) is 0. The Bertz CT molecular complexity index is 400. The Labute approximate surface area is 114 Å². The van der Waals surface area contributed by atoms with Crippen LogP contribution in [0.25, 0.3) is 0 Å². The fourth-order valence-electron chi connectivity index (χ4n) is 1.66. The van der Waals surface area contributed by atoms with Crippen molar-refractivity contribution in [1.82, 2.24) is 5.32 Å². The van der Waals surface area contributed by atoms with Gasteiger partial charge in [-0.15, -0.1) is 0 Å². The van der Waals surface area contributed by atoms with Crippen LogP contribution in [0.4, 0.5) is 0 Å². The van der Waals surface area contributed by atoms with E-state index in [-0.39, 0.29) is 5.41 Å². The zero-order valence-electron chi connectivity index (χ0n) is 11.8. The van der Waals surface area contributed by atoms with Gasteiger partial charge in [0.05, 0.1) is 19.2 Å². The summed E-state index contributed by atoms with van der Waals surface area (Å²) < 4.78 is 10.5. The van der Waals surface area contributed by atoms with E-state index in [0.29, 0.717) is 16.5 Å². The van der Waals surface area contributed by atoms with Gasteiger partial charge in [-0.1, -0.05) is 32.4 Å². The fraction of sp³-hybridized carbons (Fsp3) is 0.571. The van der Waals surface area contributed by atoms with Gasteiger partial charge in [0.15, 0.2) is 11.5 Å². The molecule has 1 N–H and O–H groups in total. The number of methoxy groups -OCH3 is 2. The molecule has 0 aliphatic rings. The summed E-state index contributed by atoms with van der Waals surface area (Å²) in [6, 6.07) is 3.85. The van der Waals surface area contributed by atoms with Crippen LogP contribution in [0.5, 0.6) is 11.5 Å². The van der Waals surface area contributed by atoms with E-state index in [9.17, 15) is 0 Å². The maximum Gasteiger partial charge on any atom is 0.179 e. The van der Waals surface area contributed by atoms with Crippen molar-refractivity contribution in [1.29, 1.82) is 0 Å². The zero-order chi connectivity index (χ0) is 13.8. The third kappa shape index (κ3) is 4.39. The van der Waals surface area contributed by atoms with E-state index < -0.39 is 0 Å². The van der Waals surface area contributed by atoms with Crippen LogP contribution in [0, 0.1) is 5.41 Å². The van der Waals surface area contributed by atoms with Crippen LogP contribution in [-0.4, -0.2) is 20.8 Å². The highest BCUT2D eigenvalue weighted by atomic mass is 35.5. The number of hydrogen-bond acceptors (Lipinski definition) is 3. The second kappa shape index (κ2) is 6.30. The lowest BCUT2D eigenvalue weighted by Crippen LogP contribution is -2.26. The first kappa shape index (κ1) is 15.1. The van der Waals surface area contributed by atoms with Crippen molar-refractivity contribution in [2.24, 2.45) is 5.41 Å². The second-order valence-electron chi connectivity index (χ2n) is 5.48. The second-order valence-corrected chi connectivity index (χ2v) is 5.88. The topological polar surface area (TPSA) is 30.5 Å². The first-order valence-electron chi connectivity index (χ1n) is 5.98. The summed E-state index contributed by atoms with van der Waals surface area (Å²) in [5.74, 6) is 1.25. The molecule has 0 heterocycles. The molecule has 1 rings (SSSR count). The van der Waals surface area contributed by atoms with Gasteiger partial charge < -0.3 is 14.8 Å². The van der Waals surface area contributed by atoms with Crippen molar-refractivity contribution in [3.8, 4) is 11.5 Å². The van der Waals surface area contributed by atoms with Crippen molar-refractivity contribution in [3.05, 3.63) is 22.7 Å². The van der Waals surface area contributed by atoms with Gasteiger partial charge in [-0.2, -0.15) is 0 Å². The highest BCUT2D eigenvalue weighted by Gasteiger charge is 2.12. The average molecular weight is 272 g/mol. The minimum absolute atomic E-state index is 0.264. The Hall–Kier alpha value is -0.930. The van der Waals surface area contributed by atoms with Crippen LogP contribution >= 0.6 is 11.6 Å². The minimum Gasteiger partial charge on any atom is -0.493 e. The maximum absolute atomic E-state index is 6.15. The van der Waals surface area contributed by atoms with Crippen molar-refractivity contribution in [2.45, 2.75) is 27.3 Å². The lowest BCUT2D eigenvalue weighted by Gasteiger charge is -2.19. The van der Waals surface area contributed by atoms with Gasteiger partial charge in [0.2, 0.25) is 0 Å². The molecule has 0 aromatic heterocycles. The third-order valence-corrected chi connectivity index (χ3v) is 2.76.